The standard InChI is InChI=1S/C27H31N3O2/c1-28-26(31)27(18-21-8-10-22(11-9-21)23-12-15-29-16-13-23)14-5-17-30(20-27)19-24-6-3-4-7-25(24)32-2/h3-4,6-13,15-16H,5,14,17-20H2,1-2H3,(H,28,31)/t27-/m0/s1. The molecule has 0 radical (unpaired) electrons. The van der Waals surface area contributed by atoms with Crippen LogP contribution in [0.15, 0.2) is 73.1 Å². The molecule has 1 N–H and O–H groups in total. The quantitative estimate of drug-likeness (QED) is 0.607. The summed E-state index contributed by atoms with van der Waals surface area (Å²) in [6, 6.07) is 20.7. The molecule has 3 aromatic rings. The Balaban J connectivity index is 1.53. The number of para-hydroxylation sites is 1. The number of benzene rings is 2. The molecule has 5 heteroatoms. The first kappa shape index (κ1) is 22.0. The van der Waals surface area contributed by atoms with Crippen LogP contribution < -0.4 is 10.1 Å². The summed E-state index contributed by atoms with van der Waals surface area (Å²) in [7, 11) is 3.45. The number of nitrogens with one attached hydrogen (secondary N) is 1. The van der Waals surface area contributed by atoms with E-state index < -0.39 is 5.41 Å². The molecule has 1 amide bonds. The van der Waals surface area contributed by atoms with Crippen LogP contribution in [0.1, 0.15) is 24.0 Å². The summed E-state index contributed by atoms with van der Waals surface area (Å²) in [5.74, 6) is 1.02. The highest BCUT2D eigenvalue weighted by molar-refractivity contribution is 5.83. The molecule has 1 saturated heterocycles. The van der Waals surface area contributed by atoms with Gasteiger partial charge in [0.15, 0.2) is 0 Å². The molecule has 0 saturated carbocycles. The number of nitrogens with zero attached hydrogens (tertiary/aromatic N) is 2. The summed E-state index contributed by atoms with van der Waals surface area (Å²) in [6.07, 6.45) is 6.23. The van der Waals surface area contributed by atoms with E-state index in [1.807, 2.05) is 42.7 Å². The minimum atomic E-state index is -0.437. The van der Waals surface area contributed by atoms with Gasteiger partial charge in [-0.25, -0.2) is 0 Å². The number of methoxy groups -OCH3 is 1. The normalized spacial score (nSPS) is 18.8. The highest BCUT2D eigenvalue weighted by atomic mass is 16.5. The van der Waals surface area contributed by atoms with Crippen LogP contribution in [0, 0.1) is 5.41 Å². The van der Waals surface area contributed by atoms with E-state index in [1.54, 1.807) is 14.2 Å². The Bertz CT molecular complexity index is 1040. The van der Waals surface area contributed by atoms with Crippen molar-refractivity contribution in [3.05, 3.63) is 84.2 Å². The van der Waals surface area contributed by atoms with Gasteiger partial charge in [-0.05, 0) is 60.7 Å². The SMILES string of the molecule is CNC(=O)[C@]1(Cc2ccc(-c3ccncc3)cc2)CCCN(Cc2ccccc2OC)C1. The van der Waals surface area contributed by atoms with Crippen molar-refractivity contribution in [3.8, 4) is 16.9 Å². The van der Waals surface area contributed by atoms with Crippen molar-refractivity contribution >= 4 is 5.91 Å². The maximum Gasteiger partial charge on any atom is 0.227 e. The highest BCUT2D eigenvalue weighted by Gasteiger charge is 2.41. The van der Waals surface area contributed by atoms with E-state index >= 15 is 0 Å². The predicted molar refractivity (Wildman–Crippen MR) is 127 cm³/mol. The van der Waals surface area contributed by atoms with E-state index in [0.717, 1.165) is 61.3 Å². The van der Waals surface area contributed by atoms with Gasteiger partial charge in [0.05, 0.1) is 12.5 Å². The lowest BCUT2D eigenvalue weighted by Crippen LogP contribution is -2.52. The largest absolute Gasteiger partial charge is 0.496 e. The zero-order chi connectivity index (χ0) is 22.4. The van der Waals surface area contributed by atoms with Crippen molar-refractivity contribution in [2.75, 3.05) is 27.2 Å². The van der Waals surface area contributed by atoms with Gasteiger partial charge in [-0.1, -0.05) is 42.5 Å². The van der Waals surface area contributed by atoms with Crippen LogP contribution in [-0.4, -0.2) is 43.0 Å². The van der Waals surface area contributed by atoms with Crippen LogP contribution >= 0.6 is 0 Å². The molecule has 1 atom stereocenters. The van der Waals surface area contributed by atoms with E-state index in [9.17, 15) is 4.79 Å². The molecular weight excluding hydrogens is 398 g/mol. The summed E-state index contributed by atoms with van der Waals surface area (Å²) in [5, 5.41) is 2.94. The average molecular weight is 430 g/mol. The molecule has 0 aliphatic carbocycles. The molecule has 2 aromatic carbocycles. The molecular formula is C27H31N3O2. The second-order valence-electron chi connectivity index (χ2n) is 8.60. The number of carbonyl (C=O) groups is 1. The molecule has 1 aliphatic rings. The fraction of sp³-hybridized carbons (Fsp3) is 0.333. The summed E-state index contributed by atoms with van der Waals surface area (Å²) >= 11 is 0. The van der Waals surface area contributed by atoms with Gasteiger partial charge in [0.2, 0.25) is 5.91 Å². The smallest absolute Gasteiger partial charge is 0.227 e. The van der Waals surface area contributed by atoms with E-state index in [4.69, 9.17) is 4.74 Å². The fourth-order valence-electron chi connectivity index (χ4n) is 4.86. The number of piperidine rings is 1. The third-order valence-corrected chi connectivity index (χ3v) is 6.46. The van der Waals surface area contributed by atoms with Gasteiger partial charge in [-0.2, -0.15) is 0 Å². The molecule has 1 aliphatic heterocycles. The lowest BCUT2D eigenvalue weighted by molar-refractivity contribution is -0.134. The Kier molecular flexibility index (Phi) is 6.86. The van der Waals surface area contributed by atoms with Crippen molar-refractivity contribution in [1.29, 1.82) is 0 Å². The van der Waals surface area contributed by atoms with Crippen molar-refractivity contribution < 1.29 is 9.53 Å². The minimum absolute atomic E-state index is 0.125. The number of hydrogen-bond donors (Lipinski definition) is 1. The third kappa shape index (κ3) is 4.83. The van der Waals surface area contributed by atoms with Crippen molar-refractivity contribution in [3.63, 3.8) is 0 Å². The second-order valence-corrected chi connectivity index (χ2v) is 8.60. The van der Waals surface area contributed by atoms with Crippen molar-refractivity contribution in [1.82, 2.24) is 15.2 Å². The van der Waals surface area contributed by atoms with E-state index in [1.165, 1.54) is 5.56 Å². The zero-order valence-corrected chi connectivity index (χ0v) is 18.9. The number of amides is 1. The van der Waals surface area contributed by atoms with Gasteiger partial charge < -0.3 is 10.1 Å². The van der Waals surface area contributed by atoms with E-state index in [-0.39, 0.29) is 5.91 Å². The van der Waals surface area contributed by atoms with Crippen LogP contribution in [0.3, 0.4) is 0 Å². The number of likely N-dealkylation sites (tertiary alicyclic amines) is 1. The molecule has 4 rings (SSSR count). The van der Waals surface area contributed by atoms with Gasteiger partial charge in [0.25, 0.3) is 0 Å². The molecule has 2 heterocycles. The molecule has 1 fully saturated rings. The van der Waals surface area contributed by atoms with Crippen LogP contribution in [0.5, 0.6) is 5.75 Å². The lowest BCUT2D eigenvalue weighted by Gasteiger charge is -2.42. The highest BCUT2D eigenvalue weighted by Crippen LogP contribution is 2.36. The number of carbonyl (C=O) groups excluding carboxylic acids is 1. The van der Waals surface area contributed by atoms with Crippen molar-refractivity contribution in [2.24, 2.45) is 5.41 Å². The van der Waals surface area contributed by atoms with Gasteiger partial charge in [0.1, 0.15) is 5.75 Å². The average Bonchev–Trinajstić information content (AvgIpc) is 2.85. The number of aromatic nitrogens is 1. The van der Waals surface area contributed by atoms with Crippen LogP contribution in [0.4, 0.5) is 0 Å². The van der Waals surface area contributed by atoms with Gasteiger partial charge in [-0.15, -0.1) is 0 Å². The van der Waals surface area contributed by atoms with Crippen molar-refractivity contribution in [2.45, 2.75) is 25.8 Å². The van der Waals surface area contributed by atoms with Crippen LogP contribution in [0.25, 0.3) is 11.1 Å². The molecule has 0 spiro atoms. The van der Waals surface area contributed by atoms with Gasteiger partial charge in [-0.3, -0.25) is 14.7 Å². The number of hydrogen-bond acceptors (Lipinski definition) is 4. The predicted octanol–water partition coefficient (Wildman–Crippen LogP) is 4.33. The fourth-order valence-corrected chi connectivity index (χ4v) is 4.86. The molecule has 0 bridgehead atoms. The van der Waals surface area contributed by atoms with E-state index in [0.29, 0.717) is 0 Å². The maximum atomic E-state index is 13.1. The molecule has 0 unspecified atom stereocenters. The van der Waals surface area contributed by atoms with Crippen LogP contribution in [0.2, 0.25) is 0 Å². The summed E-state index contributed by atoms with van der Waals surface area (Å²) in [4.78, 5) is 19.6. The Morgan fingerprint density at radius 3 is 2.50 bits per heavy atom. The number of ether oxygens (including phenoxy) is 1. The Labute approximate surface area is 190 Å². The topological polar surface area (TPSA) is 54.5 Å². The monoisotopic (exact) mass is 429 g/mol. The summed E-state index contributed by atoms with van der Waals surface area (Å²) < 4.78 is 5.54. The summed E-state index contributed by atoms with van der Waals surface area (Å²) in [6.45, 7) is 2.50. The first-order valence-corrected chi connectivity index (χ1v) is 11.2. The lowest BCUT2D eigenvalue weighted by atomic mass is 9.74. The second kappa shape index (κ2) is 9.96. The maximum absolute atomic E-state index is 13.1. The Hall–Kier alpha value is -3.18. The summed E-state index contributed by atoms with van der Waals surface area (Å²) in [5.41, 5.74) is 4.21. The number of pyridine rings is 1. The van der Waals surface area contributed by atoms with Crippen LogP contribution in [-0.2, 0) is 17.8 Å². The van der Waals surface area contributed by atoms with Gasteiger partial charge >= 0.3 is 0 Å². The minimum Gasteiger partial charge on any atom is -0.496 e. The zero-order valence-electron chi connectivity index (χ0n) is 18.9. The first-order valence-electron chi connectivity index (χ1n) is 11.2. The van der Waals surface area contributed by atoms with Gasteiger partial charge in [0, 0.05) is 38.1 Å². The Morgan fingerprint density at radius 1 is 1.06 bits per heavy atom. The van der Waals surface area contributed by atoms with E-state index in [2.05, 4.69) is 45.5 Å². The molecule has 166 valence electrons. The number of rotatable bonds is 7. The third-order valence-electron chi connectivity index (χ3n) is 6.46. The molecule has 32 heavy (non-hydrogen) atoms. The molecule has 1 aromatic heterocycles. The first-order chi connectivity index (χ1) is 15.6. The molecule has 5 nitrogen and oxygen atoms in total. The Morgan fingerprint density at radius 2 is 1.78 bits per heavy atom.